The highest BCUT2D eigenvalue weighted by Crippen LogP contribution is 2.37. The number of thiazole rings is 1. The van der Waals surface area contributed by atoms with Gasteiger partial charge in [0.1, 0.15) is 5.69 Å². The first-order valence-electron chi connectivity index (χ1n) is 6.25. The molecule has 3 aromatic rings. The topological polar surface area (TPSA) is 83.7 Å². The summed E-state index contributed by atoms with van der Waals surface area (Å²) < 4.78 is 81.5. The van der Waals surface area contributed by atoms with Crippen LogP contribution in [-0.2, 0) is 12.4 Å². The van der Waals surface area contributed by atoms with Crippen molar-refractivity contribution in [1.82, 2.24) is 19.9 Å². The fourth-order valence-electron chi connectivity index (χ4n) is 1.86. The van der Waals surface area contributed by atoms with E-state index in [1.54, 1.807) is 0 Å². The van der Waals surface area contributed by atoms with Crippen LogP contribution in [0.5, 0.6) is 0 Å². The van der Waals surface area contributed by atoms with Crippen molar-refractivity contribution in [1.29, 1.82) is 0 Å². The van der Waals surface area contributed by atoms with Crippen molar-refractivity contribution in [2.24, 2.45) is 0 Å². The van der Waals surface area contributed by atoms with E-state index in [0.29, 0.717) is 11.3 Å². The third-order valence-corrected chi connectivity index (χ3v) is 3.85. The van der Waals surface area contributed by atoms with E-state index in [0.717, 1.165) is 0 Å². The molecule has 3 rings (SSSR count). The lowest BCUT2D eigenvalue weighted by atomic mass is 10.3. The number of aromatic nitrogens is 5. The molecule has 0 unspecified atom stereocenters. The van der Waals surface area contributed by atoms with E-state index in [2.05, 4.69) is 19.9 Å². The number of hydrogen-bond acceptors (Lipinski definition) is 6. The standard InChI is InChI=1S/C11H5F6N5O2S/c1-4-8(20-24-22(4)23)5-3-25-9(18-5)21-7(11(15,16)17)2-6(19-21)10(12,13)14/h2-3H,1H3. The number of rotatable bonds is 2. The van der Waals surface area contributed by atoms with Crippen molar-refractivity contribution in [2.75, 3.05) is 0 Å². The van der Waals surface area contributed by atoms with Crippen LogP contribution in [0.1, 0.15) is 17.1 Å². The quantitative estimate of drug-likeness (QED) is 0.500. The molecule has 0 aliphatic carbocycles. The van der Waals surface area contributed by atoms with Gasteiger partial charge in [-0.25, -0.2) is 9.67 Å². The molecule has 0 aliphatic rings. The summed E-state index contributed by atoms with van der Waals surface area (Å²) in [5.74, 6) is 0. The molecule has 0 aliphatic heterocycles. The number of hydrogen-bond donors (Lipinski definition) is 0. The minimum Gasteiger partial charge on any atom is -0.359 e. The van der Waals surface area contributed by atoms with Crippen molar-refractivity contribution in [3.05, 3.63) is 33.7 Å². The molecule has 3 aromatic heterocycles. The minimum absolute atomic E-state index is 0.00987. The monoisotopic (exact) mass is 385 g/mol. The first kappa shape index (κ1) is 17.2. The Labute approximate surface area is 137 Å². The second-order valence-electron chi connectivity index (χ2n) is 4.70. The van der Waals surface area contributed by atoms with Gasteiger partial charge in [-0.2, -0.15) is 31.4 Å². The Morgan fingerprint density at radius 2 is 1.88 bits per heavy atom. The van der Waals surface area contributed by atoms with Crippen LogP contribution in [0.15, 0.2) is 16.1 Å². The maximum Gasteiger partial charge on any atom is 0.435 e. The smallest absolute Gasteiger partial charge is 0.359 e. The molecule has 0 saturated carbocycles. The van der Waals surface area contributed by atoms with E-state index < -0.39 is 28.9 Å². The maximum atomic E-state index is 13.0. The van der Waals surface area contributed by atoms with Crippen LogP contribution in [0.2, 0.25) is 0 Å². The van der Waals surface area contributed by atoms with Gasteiger partial charge in [0.15, 0.2) is 11.4 Å². The lowest BCUT2D eigenvalue weighted by Gasteiger charge is -2.06. The van der Waals surface area contributed by atoms with Gasteiger partial charge in [0, 0.05) is 23.5 Å². The van der Waals surface area contributed by atoms with E-state index in [1.165, 1.54) is 12.3 Å². The summed E-state index contributed by atoms with van der Waals surface area (Å²) in [5, 5.41) is 18.3. The second kappa shape index (κ2) is 5.44. The van der Waals surface area contributed by atoms with Crippen molar-refractivity contribution >= 4 is 11.3 Å². The molecule has 0 atom stereocenters. The number of alkyl halides is 6. The summed E-state index contributed by atoms with van der Waals surface area (Å²) in [6, 6.07) is -0.103. The van der Waals surface area contributed by atoms with Crippen LogP contribution < -0.4 is 4.90 Å². The van der Waals surface area contributed by atoms with Gasteiger partial charge in [-0.3, -0.25) is 4.63 Å². The average Bonchev–Trinajstić information content (AvgIpc) is 3.16. The molecule has 134 valence electrons. The molecule has 0 aromatic carbocycles. The van der Waals surface area contributed by atoms with E-state index in [4.69, 9.17) is 0 Å². The van der Waals surface area contributed by atoms with Crippen molar-refractivity contribution in [3.8, 4) is 16.5 Å². The zero-order chi connectivity index (χ0) is 18.6. The van der Waals surface area contributed by atoms with E-state index in [9.17, 15) is 31.5 Å². The molecular formula is C11H5F6N5O2S. The van der Waals surface area contributed by atoms with Crippen molar-refractivity contribution in [3.63, 3.8) is 0 Å². The Morgan fingerprint density at radius 1 is 1.20 bits per heavy atom. The van der Waals surface area contributed by atoms with Crippen LogP contribution in [0.25, 0.3) is 16.5 Å². The molecule has 0 bridgehead atoms. The van der Waals surface area contributed by atoms with Crippen LogP contribution in [0, 0.1) is 12.1 Å². The lowest BCUT2D eigenvalue weighted by Crippen LogP contribution is -2.25. The third-order valence-electron chi connectivity index (χ3n) is 3.03. The zero-order valence-corrected chi connectivity index (χ0v) is 12.7. The van der Waals surface area contributed by atoms with Crippen LogP contribution in [0.3, 0.4) is 0 Å². The van der Waals surface area contributed by atoms with E-state index in [1.807, 2.05) is 0 Å². The fourth-order valence-corrected chi connectivity index (χ4v) is 2.63. The first-order chi connectivity index (χ1) is 11.5. The van der Waals surface area contributed by atoms with Gasteiger partial charge in [0.25, 0.3) is 5.69 Å². The molecule has 0 N–H and O–H groups in total. The Morgan fingerprint density at radius 3 is 2.40 bits per heavy atom. The van der Waals surface area contributed by atoms with Gasteiger partial charge in [0.2, 0.25) is 10.8 Å². The zero-order valence-electron chi connectivity index (χ0n) is 11.9. The molecule has 0 fully saturated rings. The molecule has 0 saturated heterocycles. The van der Waals surface area contributed by atoms with Crippen molar-refractivity contribution < 1.29 is 35.9 Å². The summed E-state index contributed by atoms with van der Waals surface area (Å²) in [7, 11) is 0. The van der Waals surface area contributed by atoms with Crippen molar-refractivity contribution in [2.45, 2.75) is 19.3 Å². The number of halogens is 6. The molecule has 0 amide bonds. The Hall–Kier alpha value is -2.64. The highest BCUT2D eigenvalue weighted by atomic mass is 32.1. The van der Waals surface area contributed by atoms with Gasteiger partial charge >= 0.3 is 12.4 Å². The fraction of sp³-hybridized carbons (Fsp3) is 0.273. The molecular weight excluding hydrogens is 380 g/mol. The Bertz CT molecular complexity index is 924. The van der Waals surface area contributed by atoms with Crippen LogP contribution in [-0.4, -0.2) is 19.9 Å². The summed E-state index contributed by atoms with van der Waals surface area (Å²) in [6.07, 6.45) is -10.1. The summed E-state index contributed by atoms with van der Waals surface area (Å²) in [5.41, 5.74) is -3.42. The van der Waals surface area contributed by atoms with Gasteiger partial charge < -0.3 is 5.21 Å². The molecule has 25 heavy (non-hydrogen) atoms. The summed E-state index contributed by atoms with van der Waals surface area (Å²) >= 11 is 0.599. The van der Waals surface area contributed by atoms with E-state index >= 15 is 0 Å². The molecule has 0 spiro atoms. The average molecular weight is 385 g/mol. The molecule has 14 heteroatoms. The predicted octanol–water partition coefficient (Wildman–Crippen LogP) is 2.96. The number of nitrogens with zero attached hydrogens (tertiary/aromatic N) is 5. The lowest BCUT2D eigenvalue weighted by molar-refractivity contribution is -0.806. The molecule has 3 heterocycles. The predicted molar refractivity (Wildman–Crippen MR) is 68.4 cm³/mol. The van der Waals surface area contributed by atoms with Gasteiger partial charge in [-0.1, -0.05) is 0 Å². The Balaban J connectivity index is 2.11. The van der Waals surface area contributed by atoms with E-state index in [-0.39, 0.29) is 32.7 Å². The minimum atomic E-state index is -5.08. The summed E-state index contributed by atoms with van der Waals surface area (Å²) in [4.78, 5) is 3.83. The van der Waals surface area contributed by atoms with Crippen LogP contribution in [0.4, 0.5) is 26.3 Å². The van der Waals surface area contributed by atoms with Crippen LogP contribution >= 0.6 is 11.3 Å². The highest BCUT2D eigenvalue weighted by molar-refractivity contribution is 7.12. The summed E-state index contributed by atoms with van der Waals surface area (Å²) in [6.45, 7) is 1.33. The maximum absolute atomic E-state index is 13.0. The Kier molecular flexibility index (Phi) is 3.74. The van der Waals surface area contributed by atoms with Gasteiger partial charge in [0.05, 0.1) is 0 Å². The highest BCUT2D eigenvalue weighted by Gasteiger charge is 2.42. The second-order valence-corrected chi connectivity index (χ2v) is 5.54. The largest absolute Gasteiger partial charge is 0.435 e. The van der Waals surface area contributed by atoms with Gasteiger partial charge in [-0.05, 0) is 4.90 Å². The molecule has 0 radical (unpaired) electrons. The van der Waals surface area contributed by atoms with Gasteiger partial charge in [-0.15, -0.1) is 11.3 Å². The SMILES string of the molecule is Cc1c(-c2csc(-n3nc(C(F)(F)F)cc3C(F)(F)F)n2)no[n+]1[O-]. The molecule has 7 nitrogen and oxygen atoms in total. The third kappa shape index (κ3) is 3.04. The normalized spacial score (nSPS) is 12.8. The first-order valence-corrected chi connectivity index (χ1v) is 7.13.